The summed E-state index contributed by atoms with van der Waals surface area (Å²) in [6.07, 6.45) is 1.97. The summed E-state index contributed by atoms with van der Waals surface area (Å²) in [5.41, 5.74) is 7.30. The number of nitrogens with one attached hydrogen (secondary N) is 1. The van der Waals surface area contributed by atoms with Crippen molar-refractivity contribution in [2.45, 2.75) is 59.0 Å². The highest BCUT2D eigenvalue weighted by atomic mass is 35.5. The SMILES string of the molecule is CC(Cc1cccc(Cl)c1)NC(=O)CC(N)CC(C)(C)C. The van der Waals surface area contributed by atoms with Crippen LogP contribution in [0.25, 0.3) is 0 Å². The Balaban J connectivity index is 2.40. The zero-order chi connectivity index (χ0) is 16.0. The first-order valence-electron chi connectivity index (χ1n) is 7.45. The van der Waals surface area contributed by atoms with E-state index in [2.05, 4.69) is 26.1 Å². The summed E-state index contributed by atoms with van der Waals surface area (Å²) in [5.74, 6) is 0.0151. The highest BCUT2D eigenvalue weighted by molar-refractivity contribution is 6.30. The quantitative estimate of drug-likeness (QED) is 0.844. The normalized spacial score (nSPS) is 14.6. The summed E-state index contributed by atoms with van der Waals surface area (Å²) in [4.78, 5) is 12.0. The van der Waals surface area contributed by atoms with Gasteiger partial charge in [0.25, 0.3) is 0 Å². The Morgan fingerprint density at radius 1 is 1.38 bits per heavy atom. The number of hydrogen-bond acceptors (Lipinski definition) is 2. The monoisotopic (exact) mass is 310 g/mol. The number of rotatable bonds is 6. The zero-order valence-electron chi connectivity index (χ0n) is 13.4. The van der Waals surface area contributed by atoms with E-state index in [9.17, 15) is 4.79 Å². The van der Waals surface area contributed by atoms with Gasteiger partial charge >= 0.3 is 0 Å². The Labute approximate surface area is 133 Å². The lowest BCUT2D eigenvalue weighted by Gasteiger charge is -2.23. The average molecular weight is 311 g/mol. The maximum Gasteiger partial charge on any atom is 0.221 e. The van der Waals surface area contributed by atoms with Gasteiger partial charge in [0.2, 0.25) is 5.91 Å². The molecule has 0 fully saturated rings. The molecule has 2 atom stereocenters. The molecular weight excluding hydrogens is 284 g/mol. The molecule has 1 aromatic carbocycles. The highest BCUT2D eigenvalue weighted by Crippen LogP contribution is 2.21. The molecule has 1 rings (SSSR count). The molecule has 0 heterocycles. The Morgan fingerprint density at radius 2 is 2.05 bits per heavy atom. The fraction of sp³-hybridized carbons (Fsp3) is 0.588. The molecule has 3 N–H and O–H groups in total. The topological polar surface area (TPSA) is 55.1 Å². The van der Waals surface area contributed by atoms with Crippen molar-refractivity contribution in [2.24, 2.45) is 11.1 Å². The smallest absolute Gasteiger partial charge is 0.221 e. The third kappa shape index (κ3) is 8.08. The van der Waals surface area contributed by atoms with Crippen LogP contribution in [0.4, 0.5) is 0 Å². The Kier molecular flexibility index (Phi) is 6.69. The molecule has 0 aliphatic rings. The summed E-state index contributed by atoms with van der Waals surface area (Å²) in [5, 5.41) is 3.72. The van der Waals surface area contributed by atoms with E-state index in [0.29, 0.717) is 6.42 Å². The molecular formula is C17H27ClN2O. The molecule has 2 unspecified atom stereocenters. The van der Waals surface area contributed by atoms with Crippen molar-refractivity contribution in [1.29, 1.82) is 0 Å². The summed E-state index contributed by atoms with van der Waals surface area (Å²) in [6.45, 7) is 8.39. The second-order valence-corrected chi connectivity index (χ2v) is 7.47. The summed E-state index contributed by atoms with van der Waals surface area (Å²) in [6, 6.07) is 7.68. The number of carbonyl (C=O) groups is 1. The van der Waals surface area contributed by atoms with E-state index in [1.165, 1.54) is 0 Å². The van der Waals surface area contributed by atoms with Crippen LogP contribution in [0.15, 0.2) is 24.3 Å². The standard InChI is InChI=1S/C17H27ClN2O/c1-12(8-13-6-5-7-14(18)9-13)20-16(21)10-15(19)11-17(2,3)4/h5-7,9,12,15H,8,10-11,19H2,1-4H3,(H,20,21). The molecule has 118 valence electrons. The fourth-order valence-corrected chi connectivity index (χ4v) is 2.71. The van der Waals surface area contributed by atoms with Crippen molar-refractivity contribution in [3.05, 3.63) is 34.9 Å². The molecule has 1 aromatic rings. The average Bonchev–Trinajstić information content (AvgIpc) is 2.24. The van der Waals surface area contributed by atoms with Gasteiger partial charge in [-0.05, 0) is 42.9 Å². The predicted molar refractivity (Wildman–Crippen MR) is 89.4 cm³/mol. The molecule has 4 heteroatoms. The van der Waals surface area contributed by atoms with Crippen molar-refractivity contribution in [2.75, 3.05) is 0 Å². The van der Waals surface area contributed by atoms with E-state index < -0.39 is 0 Å². The fourth-order valence-electron chi connectivity index (χ4n) is 2.50. The Hall–Kier alpha value is -1.06. The molecule has 0 spiro atoms. The molecule has 0 saturated heterocycles. The molecule has 0 saturated carbocycles. The summed E-state index contributed by atoms with van der Waals surface area (Å²) < 4.78 is 0. The molecule has 0 radical (unpaired) electrons. The minimum atomic E-state index is -0.0941. The molecule has 3 nitrogen and oxygen atoms in total. The lowest BCUT2D eigenvalue weighted by Crippen LogP contribution is -2.38. The number of carbonyl (C=O) groups excluding carboxylic acids is 1. The van der Waals surface area contributed by atoms with Gasteiger partial charge in [0.15, 0.2) is 0 Å². The van der Waals surface area contributed by atoms with Gasteiger partial charge in [-0.1, -0.05) is 44.5 Å². The highest BCUT2D eigenvalue weighted by Gasteiger charge is 2.18. The number of amides is 1. The van der Waals surface area contributed by atoms with Crippen molar-refractivity contribution in [3.8, 4) is 0 Å². The van der Waals surface area contributed by atoms with Crippen molar-refractivity contribution in [3.63, 3.8) is 0 Å². The first-order chi connectivity index (χ1) is 9.65. The third-order valence-electron chi connectivity index (χ3n) is 3.16. The number of halogens is 1. The van der Waals surface area contributed by atoms with Crippen molar-refractivity contribution in [1.82, 2.24) is 5.32 Å². The first-order valence-corrected chi connectivity index (χ1v) is 7.83. The minimum Gasteiger partial charge on any atom is -0.353 e. The molecule has 0 aromatic heterocycles. The van der Waals surface area contributed by atoms with Crippen LogP contribution < -0.4 is 11.1 Å². The largest absolute Gasteiger partial charge is 0.353 e. The van der Waals surface area contributed by atoms with Crippen LogP contribution in [0.1, 0.15) is 46.1 Å². The van der Waals surface area contributed by atoms with Crippen LogP contribution in [-0.2, 0) is 11.2 Å². The van der Waals surface area contributed by atoms with Crippen LogP contribution in [0.2, 0.25) is 5.02 Å². The van der Waals surface area contributed by atoms with Gasteiger partial charge in [-0.2, -0.15) is 0 Å². The number of nitrogens with two attached hydrogens (primary N) is 1. The van der Waals surface area contributed by atoms with Gasteiger partial charge in [-0.25, -0.2) is 0 Å². The Bertz CT molecular complexity index is 468. The number of benzene rings is 1. The second-order valence-electron chi connectivity index (χ2n) is 7.03. The Morgan fingerprint density at radius 3 is 2.62 bits per heavy atom. The van der Waals surface area contributed by atoms with E-state index in [4.69, 9.17) is 17.3 Å². The predicted octanol–water partition coefficient (Wildman–Crippen LogP) is 3.54. The second kappa shape index (κ2) is 7.81. The lowest BCUT2D eigenvalue weighted by molar-refractivity contribution is -0.122. The van der Waals surface area contributed by atoms with E-state index in [0.717, 1.165) is 23.4 Å². The van der Waals surface area contributed by atoms with Crippen LogP contribution in [0, 0.1) is 5.41 Å². The van der Waals surface area contributed by atoms with Crippen LogP contribution >= 0.6 is 11.6 Å². The van der Waals surface area contributed by atoms with Gasteiger partial charge in [0, 0.05) is 23.5 Å². The number of hydrogen-bond donors (Lipinski definition) is 2. The van der Waals surface area contributed by atoms with E-state index in [1.54, 1.807) is 0 Å². The van der Waals surface area contributed by atoms with Crippen LogP contribution in [0.3, 0.4) is 0 Å². The van der Waals surface area contributed by atoms with E-state index >= 15 is 0 Å². The maximum absolute atomic E-state index is 12.0. The van der Waals surface area contributed by atoms with Gasteiger partial charge in [-0.3, -0.25) is 4.79 Å². The maximum atomic E-state index is 12.0. The van der Waals surface area contributed by atoms with Gasteiger partial charge in [0.1, 0.15) is 0 Å². The molecule has 0 bridgehead atoms. The van der Waals surface area contributed by atoms with E-state index in [-0.39, 0.29) is 23.4 Å². The molecule has 0 aliphatic carbocycles. The molecule has 21 heavy (non-hydrogen) atoms. The van der Waals surface area contributed by atoms with Crippen molar-refractivity contribution >= 4 is 17.5 Å². The van der Waals surface area contributed by atoms with Crippen LogP contribution in [0.5, 0.6) is 0 Å². The van der Waals surface area contributed by atoms with Gasteiger partial charge < -0.3 is 11.1 Å². The van der Waals surface area contributed by atoms with Crippen molar-refractivity contribution < 1.29 is 4.79 Å². The summed E-state index contributed by atoms with van der Waals surface area (Å²) >= 11 is 5.96. The first kappa shape index (κ1) is 18.0. The van der Waals surface area contributed by atoms with Gasteiger partial charge in [-0.15, -0.1) is 0 Å². The summed E-state index contributed by atoms with van der Waals surface area (Å²) in [7, 11) is 0. The zero-order valence-corrected chi connectivity index (χ0v) is 14.2. The molecule has 0 aliphatic heterocycles. The minimum absolute atomic E-state index is 0.0151. The van der Waals surface area contributed by atoms with Gasteiger partial charge in [0.05, 0.1) is 0 Å². The third-order valence-corrected chi connectivity index (χ3v) is 3.40. The molecule has 1 amide bonds. The van der Waals surface area contributed by atoms with E-state index in [1.807, 2.05) is 31.2 Å². The lowest BCUT2D eigenvalue weighted by atomic mass is 9.87. The van der Waals surface area contributed by atoms with Crippen LogP contribution in [-0.4, -0.2) is 18.0 Å².